The second kappa shape index (κ2) is 9.20. The lowest BCUT2D eigenvalue weighted by molar-refractivity contribution is -0.111. The maximum atomic E-state index is 12.5. The molecule has 0 unspecified atom stereocenters. The highest BCUT2D eigenvalue weighted by Gasteiger charge is 2.26. The van der Waals surface area contributed by atoms with Crippen LogP contribution in [0.4, 0.5) is 5.00 Å². The summed E-state index contributed by atoms with van der Waals surface area (Å²) < 4.78 is 5.24. The number of anilines is 1. The lowest BCUT2D eigenvalue weighted by Crippen LogP contribution is -2.13. The molecule has 27 heavy (non-hydrogen) atoms. The Morgan fingerprint density at radius 2 is 2.07 bits per heavy atom. The molecule has 0 radical (unpaired) electrons. The van der Waals surface area contributed by atoms with Crippen molar-refractivity contribution in [2.24, 2.45) is 0 Å². The highest BCUT2D eigenvalue weighted by atomic mass is 35.5. The Morgan fingerprint density at radius 3 is 2.85 bits per heavy atom. The van der Waals surface area contributed by atoms with Gasteiger partial charge in [-0.05, 0) is 61.9 Å². The fourth-order valence-corrected chi connectivity index (χ4v) is 4.66. The Labute approximate surface area is 168 Å². The number of amides is 1. The average Bonchev–Trinajstić information content (AvgIpc) is 2.81. The third-order valence-corrected chi connectivity index (χ3v) is 5.86. The molecule has 0 aliphatic heterocycles. The number of carbonyl (C=O) groups excluding carboxylic acids is 2. The SMILES string of the molecule is CCOC(=O)c1c(NC(=O)/C=C/c2cccc(Cl)c2)sc2c1CCCCC2. The fraction of sp³-hybridized carbons (Fsp3) is 0.333. The fourth-order valence-electron chi connectivity index (χ4n) is 3.19. The molecule has 0 atom stereocenters. The first kappa shape index (κ1) is 19.6. The van der Waals surface area contributed by atoms with Crippen molar-refractivity contribution in [1.82, 2.24) is 0 Å². The molecule has 0 fully saturated rings. The number of benzene rings is 1. The summed E-state index contributed by atoms with van der Waals surface area (Å²) in [5.74, 6) is -0.636. The van der Waals surface area contributed by atoms with Gasteiger partial charge in [0, 0.05) is 16.0 Å². The van der Waals surface area contributed by atoms with E-state index < -0.39 is 0 Å². The number of esters is 1. The Morgan fingerprint density at radius 1 is 1.26 bits per heavy atom. The molecule has 0 saturated heterocycles. The lowest BCUT2D eigenvalue weighted by atomic mass is 10.1. The van der Waals surface area contributed by atoms with E-state index in [0.717, 1.165) is 43.2 Å². The molecule has 1 aromatic heterocycles. The molecule has 1 N–H and O–H groups in total. The van der Waals surface area contributed by atoms with Crippen LogP contribution in [0.3, 0.4) is 0 Å². The number of nitrogens with one attached hydrogen (secondary N) is 1. The van der Waals surface area contributed by atoms with Crippen molar-refractivity contribution in [3.05, 3.63) is 56.9 Å². The zero-order chi connectivity index (χ0) is 19.2. The topological polar surface area (TPSA) is 55.4 Å². The highest BCUT2D eigenvalue weighted by Crippen LogP contribution is 2.38. The average molecular weight is 404 g/mol. The molecule has 1 aliphatic rings. The van der Waals surface area contributed by atoms with Crippen LogP contribution in [0.15, 0.2) is 30.3 Å². The van der Waals surface area contributed by atoms with Crippen LogP contribution in [-0.4, -0.2) is 18.5 Å². The summed E-state index contributed by atoms with van der Waals surface area (Å²) in [4.78, 5) is 26.1. The monoisotopic (exact) mass is 403 g/mol. The van der Waals surface area contributed by atoms with E-state index in [0.29, 0.717) is 22.2 Å². The van der Waals surface area contributed by atoms with E-state index in [1.54, 1.807) is 25.1 Å². The van der Waals surface area contributed by atoms with Gasteiger partial charge in [0.15, 0.2) is 0 Å². The molecule has 0 spiro atoms. The third-order valence-electron chi connectivity index (χ3n) is 4.41. The normalized spacial score (nSPS) is 13.9. The van der Waals surface area contributed by atoms with Gasteiger partial charge in [-0.15, -0.1) is 11.3 Å². The number of ether oxygens (including phenoxy) is 1. The molecule has 6 heteroatoms. The van der Waals surface area contributed by atoms with Gasteiger partial charge in [0.05, 0.1) is 12.2 Å². The first-order valence-corrected chi connectivity index (χ1v) is 10.3. The number of thiophene rings is 1. The summed E-state index contributed by atoms with van der Waals surface area (Å²) in [5.41, 5.74) is 2.42. The minimum Gasteiger partial charge on any atom is -0.462 e. The lowest BCUT2D eigenvalue weighted by Gasteiger charge is -2.07. The van der Waals surface area contributed by atoms with Crippen LogP contribution in [0, 0.1) is 0 Å². The molecule has 1 amide bonds. The van der Waals surface area contributed by atoms with Gasteiger partial charge < -0.3 is 10.1 Å². The quantitative estimate of drug-likeness (QED) is 0.407. The summed E-state index contributed by atoms with van der Waals surface area (Å²) in [6, 6.07) is 7.26. The Bertz CT molecular complexity index is 872. The minimum absolute atomic E-state index is 0.281. The molecule has 3 rings (SSSR count). The summed E-state index contributed by atoms with van der Waals surface area (Å²) in [7, 11) is 0. The molecule has 0 saturated carbocycles. The zero-order valence-corrected chi connectivity index (χ0v) is 16.8. The van der Waals surface area contributed by atoms with E-state index in [9.17, 15) is 9.59 Å². The molecule has 1 aliphatic carbocycles. The maximum Gasteiger partial charge on any atom is 0.341 e. The van der Waals surface area contributed by atoms with Crippen molar-refractivity contribution in [3.8, 4) is 0 Å². The Kier molecular flexibility index (Phi) is 6.69. The van der Waals surface area contributed by atoms with Crippen molar-refractivity contribution in [2.75, 3.05) is 11.9 Å². The van der Waals surface area contributed by atoms with Crippen LogP contribution in [0.5, 0.6) is 0 Å². The summed E-state index contributed by atoms with van der Waals surface area (Å²) in [5, 5.41) is 4.07. The number of aryl methyl sites for hydroxylation is 1. The van der Waals surface area contributed by atoms with Gasteiger partial charge in [-0.1, -0.05) is 30.2 Å². The van der Waals surface area contributed by atoms with E-state index in [-0.39, 0.29) is 11.9 Å². The van der Waals surface area contributed by atoms with E-state index >= 15 is 0 Å². The van der Waals surface area contributed by atoms with Crippen molar-refractivity contribution < 1.29 is 14.3 Å². The summed E-state index contributed by atoms with van der Waals surface area (Å²) in [6.07, 6.45) is 8.27. The van der Waals surface area contributed by atoms with E-state index in [4.69, 9.17) is 16.3 Å². The van der Waals surface area contributed by atoms with Crippen LogP contribution in [0.25, 0.3) is 6.08 Å². The Balaban J connectivity index is 1.83. The number of rotatable bonds is 5. The standard InChI is InChI=1S/C21H22ClNO3S/c1-2-26-21(25)19-16-9-4-3-5-10-17(16)27-20(19)23-18(24)12-11-14-7-6-8-15(22)13-14/h6-8,11-13H,2-5,9-10H2,1H3,(H,23,24)/b12-11+. The van der Waals surface area contributed by atoms with Gasteiger partial charge in [-0.3, -0.25) is 4.79 Å². The van der Waals surface area contributed by atoms with Crippen LogP contribution in [-0.2, 0) is 22.4 Å². The number of hydrogen-bond acceptors (Lipinski definition) is 4. The van der Waals surface area contributed by atoms with Crippen LogP contribution >= 0.6 is 22.9 Å². The molecular weight excluding hydrogens is 382 g/mol. The number of hydrogen-bond donors (Lipinski definition) is 1. The van der Waals surface area contributed by atoms with Crippen LogP contribution in [0.2, 0.25) is 5.02 Å². The predicted molar refractivity (Wildman–Crippen MR) is 111 cm³/mol. The molecule has 1 aromatic carbocycles. The maximum absolute atomic E-state index is 12.5. The van der Waals surface area contributed by atoms with Crippen LogP contribution < -0.4 is 5.32 Å². The minimum atomic E-state index is -0.356. The largest absolute Gasteiger partial charge is 0.462 e. The first-order chi connectivity index (χ1) is 13.1. The van der Waals surface area contributed by atoms with Crippen molar-refractivity contribution >= 4 is 45.9 Å². The molecule has 4 nitrogen and oxygen atoms in total. The molecular formula is C21H22ClNO3S. The second-order valence-corrected chi connectivity index (χ2v) is 7.91. The van der Waals surface area contributed by atoms with Gasteiger partial charge in [0.2, 0.25) is 5.91 Å². The third kappa shape index (κ3) is 4.99. The van der Waals surface area contributed by atoms with Crippen molar-refractivity contribution in [2.45, 2.75) is 39.0 Å². The molecule has 142 valence electrons. The van der Waals surface area contributed by atoms with E-state index in [1.807, 2.05) is 12.1 Å². The smallest absolute Gasteiger partial charge is 0.341 e. The number of halogens is 1. The highest BCUT2D eigenvalue weighted by molar-refractivity contribution is 7.17. The Hall–Kier alpha value is -2.11. The van der Waals surface area contributed by atoms with Crippen molar-refractivity contribution in [1.29, 1.82) is 0 Å². The molecule has 1 heterocycles. The van der Waals surface area contributed by atoms with Gasteiger partial charge in [0.25, 0.3) is 0 Å². The van der Waals surface area contributed by atoms with E-state index in [1.165, 1.54) is 22.3 Å². The first-order valence-electron chi connectivity index (χ1n) is 9.14. The van der Waals surface area contributed by atoms with Gasteiger partial charge in [0.1, 0.15) is 5.00 Å². The summed E-state index contributed by atoms with van der Waals surface area (Å²) in [6.45, 7) is 2.10. The number of carbonyl (C=O) groups is 2. The van der Waals surface area contributed by atoms with E-state index in [2.05, 4.69) is 5.32 Å². The van der Waals surface area contributed by atoms with Crippen LogP contribution in [0.1, 0.15) is 52.5 Å². The molecule has 0 bridgehead atoms. The number of fused-ring (bicyclic) bond motifs is 1. The second-order valence-electron chi connectivity index (χ2n) is 6.37. The van der Waals surface area contributed by atoms with Crippen molar-refractivity contribution in [3.63, 3.8) is 0 Å². The summed E-state index contributed by atoms with van der Waals surface area (Å²) >= 11 is 7.46. The van der Waals surface area contributed by atoms with Gasteiger partial charge in [-0.2, -0.15) is 0 Å². The predicted octanol–water partition coefficient (Wildman–Crippen LogP) is 5.50. The van der Waals surface area contributed by atoms with Gasteiger partial charge in [-0.25, -0.2) is 4.79 Å². The van der Waals surface area contributed by atoms with Gasteiger partial charge >= 0.3 is 5.97 Å². The zero-order valence-electron chi connectivity index (χ0n) is 15.2. The molecule has 2 aromatic rings.